The molecule has 0 atom stereocenters. The van der Waals surface area contributed by atoms with Gasteiger partial charge in [-0.15, -0.1) is 35.3 Å². The summed E-state index contributed by atoms with van der Waals surface area (Å²) in [6.07, 6.45) is 4.49. The third-order valence-electron chi connectivity index (χ3n) is 4.73. The number of hydrogen-bond acceptors (Lipinski definition) is 7. The lowest BCUT2D eigenvalue weighted by Crippen LogP contribution is -2.54. The molecule has 0 saturated carbocycles. The van der Waals surface area contributed by atoms with E-state index in [-0.39, 0.29) is 29.7 Å². The van der Waals surface area contributed by atoms with Gasteiger partial charge in [-0.05, 0) is 26.2 Å². The predicted molar refractivity (Wildman–Crippen MR) is 129 cm³/mol. The van der Waals surface area contributed by atoms with Crippen molar-refractivity contribution in [3.05, 3.63) is 34.1 Å². The van der Waals surface area contributed by atoms with Crippen LogP contribution in [-0.4, -0.2) is 73.5 Å². The molecule has 168 valence electrons. The third-order valence-corrected chi connectivity index (χ3v) is 7.57. The van der Waals surface area contributed by atoms with Crippen LogP contribution >= 0.6 is 35.3 Å². The molecule has 12 heteroatoms. The number of piperazine rings is 1. The lowest BCUT2D eigenvalue weighted by Gasteiger charge is -2.35. The fraction of sp³-hybridized carbons (Fsp3) is 0.611. The lowest BCUT2D eigenvalue weighted by atomic mass is 10.2. The van der Waals surface area contributed by atoms with E-state index < -0.39 is 10.0 Å². The van der Waals surface area contributed by atoms with E-state index in [2.05, 4.69) is 30.7 Å². The second kappa shape index (κ2) is 12.0. The molecule has 0 bridgehead atoms. The van der Waals surface area contributed by atoms with E-state index >= 15 is 0 Å². The SMILES string of the molecule is CN=C(NCCCCc1nc(C)cs1)N1CCN(S(=O)(=O)Cc2ccon2)CC1.I. The van der Waals surface area contributed by atoms with E-state index in [1.54, 1.807) is 24.5 Å². The van der Waals surface area contributed by atoms with E-state index in [9.17, 15) is 8.42 Å². The molecule has 30 heavy (non-hydrogen) atoms. The van der Waals surface area contributed by atoms with Gasteiger partial charge in [0.15, 0.2) is 5.96 Å². The zero-order valence-electron chi connectivity index (χ0n) is 17.3. The number of thiazole rings is 1. The van der Waals surface area contributed by atoms with Gasteiger partial charge in [-0.3, -0.25) is 4.99 Å². The van der Waals surface area contributed by atoms with E-state index in [4.69, 9.17) is 4.52 Å². The molecular weight excluding hydrogens is 539 g/mol. The maximum absolute atomic E-state index is 12.5. The Bertz CT molecular complexity index is 893. The molecule has 3 rings (SSSR count). The monoisotopic (exact) mass is 568 g/mol. The van der Waals surface area contributed by atoms with Gasteiger partial charge in [0.25, 0.3) is 0 Å². The normalized spacial score (nSPS) is 15.8. The Labute approximate surface area is 199 Å². The van der Waals surface area contributed by atoms with Crippen LogP contribution in [0.3, 0.4) is 0 Å². The van der Waals surface area contributed by atoms with E-state index in [0.29, 0.717) is 31.9 Å². The largest absolute Gasteiger partial charge is 0.364 e. The summed E-state index contributed by atoms with van der Waals surface area (Å²) in [5, 5.41) is 10.4. The van der Waals surface area contributed by atoms with Crippen LogP contribution in [0.2, 0.25) is 0 Å². The van der Waals surface area contributed by atoms with Crippen molar-refractivity contribution in [3.8, 4) is 0 Å². The molecule has 2 aromatic heterocycles. The number of aromatic nitrogens is 2. The van der Waals surface area contributed by atoms with Crippen molar-refractivity contribution < 1.29 is 12.9 Å². The van der Waals surface area contributed by atoms with Crippen molar-refractivity contribution in [1.29, 1.82) is 0 Å². The quantitative estimate of drug-likeness (QED) is 0.225. The molecule has 3 heterocycles. The Hall–Kier alpha value is -1.25. The molecule has 1 aliphatic rings. The Kier molecular flexibility index (Phi) is 9.97. The van der Waals surface area contributed by atoms with Crippen LogP contribution in [0.15, 0.2) is 27.2 Å². The highest BCUT2D eigenvalue weighted by Gasteiger charge is 2.28. The van der Waals surface area contributed by atoms with Gasteiger partial charge in [0.1, 0.15) is 12.0 Å². The average molecular weight is 569 g/mol. The fourth-order valence-corrected chi connectivity index (χ4v) is 5.46. The molecule has 9 nitrogen and oxygen atoms in total. The topological polar surface area (TPSA) is 104 Å². The number of sulfonamides is 1. The number of hydrogen-bond donors (Lipinski definition) is 1. The first-order valence-electron chi connectivity index (χ1n) is 9.71. The number of halogens is 1. The molecule has 0 amide bonds. The first-order chi connectivity index (χ1) is 14.0. The summed E-state index contributed by atoms with van der Waals surface area (Å²) in [5.41, 5.74) is 1.52. The Morgan fingerprint density at radius 3 is 2.67 bits per heavy atom. The Morgan fingerprint density at radius 2 is 2.07 bits per heavy atom. The van der Waals surface area contributed by atoms with Crippen molar-refractivity contribution >= 4 is 51.3 Å². The van der Waals surface area contributed by atoms with E-state index in [1.807, 2.05) is 6.92 Å². The van der Waals surface area contributed by atoms with Crippen LogP contribution < -0.4 is 5.32 Å². The molecule has 0 spiro atoms. The number of rotatable bonds is 8. The molecule has 0 aliphatic carbocycles. The Balaban J connectivity index is 0.00000320. The molecule has 0 unspecified atom stereocenters. The van der Waals surface area contributed by atoms with Gasteiger partial charge in [0.2, 0.25) is 10.0 Å². The standard InChI is InChI=1S/C18H28N6O3S2.HI/c1-15-13-28-17(21-15)5-3-4-7-20-18(19-2)23-8-10-24(11-9-23)29(25,26)14-16-6-12-27-22-16;/h6,12-13H,3-5,7-11,14H2,1-2H3,(H,19,20);1H. The summed E-state index contributed by atoms with van der Waals surface area (Å²) in [6.45, 7) is 4.94. The van der Waals surface area contributed by atoms with E-state index in [0.717, 1.165) is 37.5 Å². The minimum Gasteiger partial charge on any atom is -0.364 e. The Morgan fingerprint density at radius 1 is 1.30 bits per heavy atom. The van der Waals surface area contributed by atoms with Crippen LogP contribution in [0.5, 0.6) is 0 Å². The van der Waals surface area contributed by atoms with Crippen LogP contribution in [0.1, 0.15) is 29.2 Å². The zero-order chi connectivity index (χ0) is 20.7. The minimum atomic E-state index is -3.39. The second-order valence-corrected chi connectivity index (χ2v) is 9.86. The van der Waals surface area contributed by atoms with Crippen molar-refractivity contribution in [2.75, 3.05) is 39.8 Å². The summed E-state index contributed by atoms with van der Waals surface area (Å²) in [5.74, 6) is 0.693. The number of nitrogens with one attached hydrogen (secondary N) is 1. The van der Waals surface area contributed by atoms with Crippen molar-refractivity contribution in [1.82, 2.24) is 24.7 Å². The molecule has 2 aromatic rings. The summed E-state index contributed by atoms with van der Waals surface area (Å²) < 4.78 is 31.3. The number of nitrogens with zero attached hydrogens (tertiary/aromatic N) is 5. The third kappa shape index (κ3) is 7.17. The van der Waals surface area contributed by atoms with Crippen molar-refractivity contribution in [3.63, 3.8) is 0 Å². The molecule has 1 N–H and O–H groups in total. The van der Waals surface area contributed by atoms with Crippen molar-refractivity contribution in [2.45, 2.75) is 31.9 Å². The van der Waals surface area contributed by atoms with Gasteiger partial charge in [0, 0.05) is 56.9 Å². The predicted octanol–water partition coefficient (Wildman–Crippen LogP) is 2.10. The van der Waals surface area contributed by atoms with Crippen LogP contribution in [0.4, 0.5) is 0 Å². The number of unbranched alkanes of at least 4 members (excludes halogenated alkanes) is 1. The smallest absolute Gasteiger partial charge is 0.220 e. The second-order valence-electron chi connectivity index (χ2n) is 6.95. The van der Waals surface area contributed by atoms with Crippen molar-refractivity contribution in [2.24, 2.45) is 4.99 Å². The number of aryl methyl sites for hydroxylation is 2. The molecule has 1 saturated heterocycles. The molecular formula is C18H29IN6O3S2. The van der Waals surface area contributed by atoms with Gasteiger partial charge in [-0.25, -0.2) is 13.4 Å². The van der Waals surface area contributed by atoms with Gasteiger partial charge < -0.3 is 14.7 Å². The lowest BCUT2D eigenvalue weighted by molar-refractivity contribution is 0.260. The molecule has 1 fully saturated rings. The van der Waals surface area contributed by atoms with Gasteiger partial charge in [-0.1, -0.05) is 5.16 Å². The maximum atomic E-state index is 12.5. The fourth-order valence-electron chi connectivity index (χ4n) is 3.22. The molecule has 0 radical (unpaired) electrons. The van der Waals surface area contributed by atoms with Gasteiger partial charge >= 0.3 is 0 Å². The highest BCUT2D eigenvalue weighted by molar-refractivity contribution is 14.0. The average Bonchev–Trinajstić information content (AvgIpc) is 3.36. The minimum absolute atomic E-state index is 0. The first kappa shape index (κ1) is 25.0. The zero-order valence-corrected chi connectivity index (χ0v) is 21.2. The van der Waals surface area contributed by atoms with Gasteiger partial charge in [0.05, 0.1) is 10.7 Å². The van der Waals surface area contributed by atoms with E-state index in [1.165, 1.54) is 15.6 Å². The summed E-state index contributed by atoms with van der Waals surface area (Å²) in [6, 6.07) is 1.58. The van der Waals surface area contributed by atoms with Crippen LogP contribution in [-0.2, 0) is 22.2 Å². The molecule has 0 aromatic carbocycles. The highest BCUT2D eigenvalue weighted by atomic mass is 127. The summed E-state index contributed by atoms with van der Waals surface area (Å²) in [7, 11) is -1.63. The van der Waals surface area contributed by atoms with Gasteiger partial charge in [-0.2, -0.15) is 4.31 Å². The highest BCUT2D eigenvalue weighted by Crippen LogP contribution is 2.13. The summed E-state index contributed by atoms with van der Waals surface area (Å²) in [4.78, 5) is 10.9. The number of aliphatic imine (C=N–C) groups is 1. The summed E-state index contributed by atoms with van der Waals surface area (Å²) >= 11 is 1.72. The van der Waals surface area contributed by atoms with Crippen LogP contribution in [0, 0.1) is 6.92 Å². The molecule has 1 aliphatic heterocycles. The number of guanidine groups is 1. The first-order valence-corrected chi connectivity index (χ1v) is 12.2. The maximum Gasteiger partial charge on any atom is 0.220 e. The van der Waals surface area contributed by atoms with Crippen LogP contribution in [0.25, 0.3) is 0 Å².